The maximum Gasteiger partial charge on any atom is 0.305 e. The molecular weight excluding hydrogens is 566 g/mol. The van der Waals surface area contributed by atoms with Gasteiger partial charge in [0.2, 0.25) is 0 Å². The van der Waals surface area contributed by atoms with Gasteiger partial charge in [-0.3, -0.25) is 14.4 Å². The molecule has 10 atom stereocenters. The van der Waals surface area contributed by atoms with Crippen molar-refractivity contribution in [3.05, 3.63) is 0 Å². The maximum absolute atomic E-state index is 12.7. The van der Waals surface area contributed by atoms with E-state index < -0.39 is 12.6 Å². The van der Waals surface area contributed by atoms with E-state index in [1.54, 1.807) is 6.92 Å². The molecule has 0 aliphatic heterocycles. The number of rotatable bonds is 12. The summed E-state index contributed by atoms with van der Waals surface area (Å²) in [6, 6.07) is -0.556. The van der Waals surface area contributed by atoms with Crippen LogP contribution in [0.3, 0.4) is 0 Å². The molecule has 4 unspecified atom stereocenters. The molecule has 7 heteroatoms. The number of ether oxygens (including phenoxy) is 2. The Morgan fingerprint density at radius 1 is 0.978 bits per heavy atom. The first kappa shape index (κ1) is 36.4. The molecule has 258 valence electrons. The van der Waals surface area contributed by atoms with Gasteiger partial charge in [-0.05, 0) is 121 Å². The average Bonchev–Trinajstić information content (AvgIpc) is 3.35. The zero-order valence-electron chi connectivity index (χ0n) is 30.2. The molecule has 0 aromatic heterocycles. The first-order valence-electron chi connectivity index (χ1n) is 18.0. The monoisotopic (exact) mass is 631 g/mol. The minimum Gasteiger partial charge on any atom is -0.469 e. The Kier molecular flexibility index (Phi) is 10.7. The number of carbonyl (C=O) groups is 3. The van der Waals surface area contributed by atoms with Gasteiger partial charge in [0.05, 0.1) is 13.2 Å². The van der Waals surface area contributed by atoms with Crippen molar-refractivity contribution < 1.29 is 29.0 Å². The Hall–Kier alpha value is -1.47. The molecule has 0 bridgehead atoms. The van der Waals surface area contributed by atoms with E-state index in [-0.39, 0.29) is 51.9 Å². The quantitative estimate of drug-likeness (QED) is 0.175. The lowest BCUT2D eigenvalue weighted by molar-refractivity contribution is -0.242. The number of ketones is 1. The van der Waals surface area contributed by atoms with Crippen LogP contribution in [-0.2, 0) is 23.9 Å². The third-order valence-electron chi connectivity index (χ3n) is 15.0. The summed E-state index contributed by atoms with van der Waals surface area (Å²) in [4.78, 5) is 36.7. The van der Waals surface area contributed by atoms with E-state index in [9.17, 15) is 19.5 Å². The largest absolute Gasteiger partial charge is 0.469 e. The number of hydrogen-bond donors (Lipinski definition) is 2. The fourth-order valence-corrected chi connectivity index (χ4v) is 12.0. The summed E-state index contributed by atoms with van der Waals surface area (Å²) < 4.78 is 11.1. The molecule has 4 aliphatic rings. The Labute approximate surface area is 273 Å². The third-order valence-corrected chi connectivity index (χ3v) is 15.0. The molecular formula is C38H65NO6. The maximum atomic E-state index is 12.7. The number of methoxy groups -OCH3 is 1. The molecule has 45 heavy (non-hydrogen) atoms. The third kappa shape index (κ3) is 6.39. The van der Waals surface area contributed by atoms with E-state index >= 15 is 0 Å². The van der Waals surface area contributed by atoms with E-state index in [2.05, 4.69) is 60.7 Å². The molecule has 0 spiro atoms. The van der Waals surface area contributed by atoms with Gasteiger partial charge in [0, 0.05) is 19.3 Å². The number of carbonyl (C=O) groups excluding carboxylic acids is 3. The molecule has 2 N–H and O–H groups in total. The highest BCUT2D eigenvalue weighted by Gasteiger charge is 2.71. The Balaban J connectivity index is 1.54. The fraction of sp³-hybridized carbons (Fsp3) is 0.921. The lowest BCUT2D eigenvalue weighted by Gasteiger charge is -2.71. The van der Waals surface area contributed by atoms with Crippen molar-refractivity contribution in [1.82, 2.24) is 5.32 Å². The summed E-state index contributed by atoms with van der Waals surface area (Å²) in [7, 11) is 1.34. The van der Waals surface area contributed by atoms with Gasteiger partial charge in [0.25, 0.3) is 0 Å². The van der Waals surface area contributed by atoms with Gasteiger partial charge >= 0.3 is 11.9 Å². The predicted molar refractivity (Wildman–Crippen MR) is 177 cm³/mol. The highest BCUT2D eigenvalue weighted by Crippen LogP contribution is 2.76. The molecule has 4 fully saturated rings. The normalized spacial score (nSPS) is 39.6. The number of aliphatic hydroxyl groups excluding tert-OH is 1. The molecule has 0 heterocycles. The molecule has 4 aliphatic carbocycles. The second-order valence-corrected chi connectivity index (χ2v) is 17.6. The van der Waals surface area contributed by atoms with E-state index in [4.69, 9.17) is 9.47 Å². The van der Waals surface area contributed by atoms with Gasteiger partial charge in [0.15, 0.2) is 5.78 Å². The lowest BCUT2D eigenvalue weighted by Crippen LogP contribution is -2.66. The molecule has 4 rings (SSSR count). The Morgan fingerprint density at radius 2 is 1.64 bits per heavy atom. The highest BCUT2D eigenvalue weighted by atomic mass is 16.5. The number of Topliss-reactive ketones (excluding diaryl/α,β-unsaturated/α-hetero) is 1. The van der Waals surface area contributed by atoms with Gasteiger partial charge in [-0.15, -0.1) is 0 Å². The zero-order chi connectivity index (χ0) is 33.6. The summed E-state index contributed by atoms with van der Waals surface area (Å²) in [5.41, 5.74) is 0.907. The minimum atomic E-state index is -0.556. The SMILES string of the molecule is COC(=O)CC[C@H](NCCCC(C)(C)C1CC[C@]2(C)[C@@H]1C(OC(C)=O)CC1[C@@]3(C)CC[C@H](C)C(C)(C)C3CC[C@]12C)C(=O)CO. The van der Waals surface area contributed by atoms with E-state index in [1.165, 1.54) is 39.2 Å². The number of fused-ring (bicyclic) bond motifs is 5. The molecule has 0 saturated heterocycles. The molecule has 0 radical (unpaired) electrons. The van der Waals surface area contributed by atoms with Crippen LogP contribution in [0.1, 0.15) is 133 Å². The second-order valence-electron chi connectivity index (χ2n) is 17.6. The first-order chi connectivity index (χ1) is 20.9. The Bertz CT molecular complexity index is 1100. The summed E-state index contributed by atoms with van der Waals surface area (Å²) in [6.45, 7) is 21.7. The van der Waals surface area contributed by atoms with Gasteiger partial charge in [-0.1, -0.05) is 55.4 Å². The first-order valence-corrected chi connectivity index (χ1v) is 18.0. The van der Waals surface area contributed by atoms with E-state index in [1.807, 2.05) is 0 Å². The number of hydrogen-bond acceptors (Lipinski definition) is 7. The molecule has 0 aromatic carbocycles. The fourth-order valence-electron chi connectivity index (χ4n) is 12.0. The summed E-state index contributed by atoms with van der Waals surface area (Å²) in [5.74, 6) is 1.93. The number of nitrogens with one attached hydrogen (secondary N) is 1. The predicted octanol–water partition coefficient (Wildman–Crippen LogP) is 7.13. The average molecular weight is 632 g/mol. The number of aliphatic hydroxyl groups is 1. The van der Waals surface area contributed by atoms with E-state index in [0.717, 1.165) is 31.6 Å². The summed E-state index contributed by atoms with van der Waals surface area (Å²) in [6.07, 6.45) is 10.7. The van der Waals surface area contributed by atoms with Gasteiger partial charge in [-0.25, -0.2) is 0 Å². The molecule has 4 saturated carbocycles. The van der Waals surface area contributed by atoms with Crippen LogP contribution in [0.4, 0.5) is 0 Å². The minimum absolute atomic E-state index is 0.0254. The van der Waals surface area contributed by atoms with Crippen LogP contribution in [0, 0.1) is 56.7 Å². The second kappa shape index (κ2) is 13.2. The standard InChI is InChI=1S/C38H65NO6/c1-24-14-18-36(7)30(35(24,5)6)16-20-37(8)31(36)22-29(45-25(2)41)33-26(15-19-38(33,37)9)34(3,4)17-11-21-39-27(28(42)23-40)12-13-32(43)44-10/h24,26-27,29-31,33,39-40H,11-23H2,1-10H3/t24-,26?,27-,29?,30?,31?,33-,36-,37+,38+/m0/s1. The van der Waals surface area contributed by atoms with Gasteiger partial charge in [-0.2, -0.15) is 0 Å². The van der Waals surface area contributed by atoms with Crippen LogP contribution < -0.4 is 5.32 Å². The van der Waals surface area contributed by atoms with Crippen molar-refractivity contribution in [3.63, 3.8) is 0 Å². The molecule has 0 amide bonds. The van der Waals surface area contributed by atoms with Crippen molar-refractivity contribution in [1.29, 1.82) is 0 Å². The number of esters is 2. The molecule has 7 nitrogen and oxygen atoms in total. The van der Waals surface area contributed by atoms with Crippen LogP contribution in [0.5, 0.6) is 0 Å². The van der Waals surface area contributed by atoms with Crippen molar-refractivity contribution in [2.45, 2.75) is 145 Å². The Morgan fingerprint density at radius 3 is 2.27 bits per heavy atom. The summed E-state index contributed by atoms with van der Waals surface area (Å²) in [5, 5.41) is 12.8. The van der Waals surface area contributed by atoms with Crippen molar-refractivity contribution in [2.24, 2.45) is 56.7 Å². The van der Waals surface area contributed by atoms with Crippen LogP contribution in [0.2, 0.25) is 0 Å². The molecule has 0 aromatic rings. The van der Waals surface area contributed by atoms with Crippen LogP contribution >= 0.6 is 0 Å². The topological polar surface area (TPSA) is 102 Å². The zero-order valence-corrected chi connectivity index (χ0v) is 30.2. The van der Waals surface area contributed by atoms with Crippen LogP contribution in [0.25, 0.3) is 0 Å². The van der Waals surface area contributed by atoms with Crippen molar-refractivity contribution >= 4 is 17.7 Å². The van der Waals surface area contributed by atoms with Crippen LogP contribution in [-0.4, -0.2) is 55.2 Å². The van der Waals surface area contributed by atoms with Crippen LogP contribution in [0.15, 0.2) is 0 Å². The van der Waals surface area contributed by atoms with Gasteiger partial charge in [0.1, 0.15) is 12.7 Å². The summed E-state index contributed by atoms with van der Waals surface area (Å²) >= 11 is 0. The van der Waals surface area contributed by atoms with Crippen molar-refractivity contribution in [3.8, 4) is 0 Å². The lowest BCUT2D eigenvalue weighted by atomic mass is 9.34. The van der Waals surface area contributed by atoms with Crippen molar-refractivity contribution in [2.75, 3.05) is 20.3 Å². The highest BCUT2D eigenvalue weighted by molar-refractivity contribution is 5.85. The van der Waals surface area contributed by atoms with E-state index in [0.29, 0.717) is 42.1 Å². The smallest absolute Gasteiger partial charge is 0.305 e. The van der Waals surface area contributed by atoms with Gasteiger partial charge < -0.3 is 19.9 Å².